The Morgan fingerprint density at radius 1 is 1.19 bits per heavy atom. The molecule has 2 rings (SSSR count). The van der Waals surface area contributed by atoms with Crippen LogP contribution in [-0.4, -0.2) is 4.98 Å². The number of rotatable bonds is 3. The number of hydrogen-bond acceptors (Lipinski definition) is 2. The summed E-state index contributed by atoms with van der Waals surface area (Å²) in [6, 6.07) is 14.4. The van der Waals surface area contributed by atoms with Crippen molar-refractivity contribution in [1.29, 1.82) is 0 Å². The SMILES string of the molecule is CC(N)c1cccc(Cc2ccccn2)c1. The van der Waals surface area contributed by atoms with E-state index in [2.05, 4.69) is 29.2 Å². The van der Waals surface area contributed by atoms with Gasteiger partial charge in [-0.1, -0.05) is 30.3 Å². The third-order valence-electron chi connectivity index (χ3n) is 2.59. The van der Waals surface area contributed by atoms with Crippen molar-refractivity contribution in [2.75, 3.05) is 0 Å². The maximum atomic E-state index is 5.86. The van der Waals surface area contributed by atoms with Crippen molar-refractivity contribution in [3.05, 3.63) is 65.5 Å². The van der Waals surface area contributed by atoms with Gasteiger partial charge in [-0.15, -0.1) is 0 Å². The minimum Gasteiger partial charge on any atom is -0.324 e. The molecule has 2 nitrogen and oxygen atoms in total. The monoisotopic (exact) mass is 212 g/mol. The predicted molar refractivity (Wildman–Crippen MR) is 66.1 cm³/mol. The molecule has 0 aliphatic heterocycles. The fourth-order valence-corrected chi connectivity index (χ4v) is 1.70. The maximum Gasteiger partial charge on any atom is 0.0447 e. The van der Waals surface area contributed by atoms with Crippen LogP contribution < -0.4 is 5.73 Å². The fraction of sp³-hybridized carbons (Fsp3) is 0.214. The minimum absolute atomic E-state index is 0.0867. The van der Waals surface area contributed by atoms with Gasteiger partial charge in [-0.2, -0.15) is 0 Å². The molecule has 82 valence electrons. The second-order valence-electron chi connectivity index (χ2n) is 4.03. The van der Waals surface area contributed by atoms with Gasteiger partial charge in [0.15, 0.2) is 0 Å². The molecule has 2 heteroatoms. The summed E-state index contributed by atoms with van der Waals surface area (Å²) in [5, 5.41) is 0. The Morgan fingerprint density at radius 2 is 2.06 bits per heavy atom. The van der Waals surface area contributed by atoms with Crippen molar-refractivity contribution >= 4 is 0 Å². The summed E-state index contributed by atoms with van der Waals surface area (Å²) in [4.78, 5) is 4.32. The van der Waals surface area contributed by atoms with E-state index in [-0.39, 0.29) is 6.04 Å². The van der Waals surface area contributed by atoms with E-state index in [9.17, 15) is 0 Å². The number of aromatic nitrogens is 1. The first-order valence-electron chi connectivity index (χ1n) is 5.50. The molecule has 2 N–H and O–H groups in total. The highest BCUT2D eigenvalue weighted by Crippen LogP contribution is 2.14. The van der Waals surface area contributed by atoms with Crippen LogP contribution in [0.5, 0.6) is 0 Å². The van der Waals surface area contributed by atoms with E-state index in [1.54, 1.807) is 0 Å². The Kier molecular flexibility index (Phi) is 3.32. The molecule has 0 saturated heterocycles. The summed E-state index contributed by atoms with van der Waals surface area (Å²) in [5.74, 6) is 0. The zero-order valence-corrected chi connectivity index (χ0v) is 9.43. The molecule has 2 aromatic rings. The van der Waals surface area contributed by atoms with Gasteiger partial charge in [-0.25, -0.2) is 0 Å². The van der Waals surface area contributed by atoms with Gasteiger partial charge >= 0.3 is 0 Å². The van der Waals surface area contributed by atoms with Crippen LogP contribution in [0.1, 0.15) is 29.8 Å². The van der Waals surface area contributed by atoms with Gasteiger partial charge in [0, 0.05) is 24.4 Å². The van der Waals surface area contributed by atoms with Gasteiger partial charge in [-0.3, -0.25) is 4.98 Å². The van der Waals surface area contributed by atoms with E-state index in [1.807, 2.05) is 31.3 Å². The van der Waals surface area contributed by atoms with Crippen LogP contribution >= 0.6 is 0 Å². The first-order chi connectivity index (χ1) is 7.75. The second-order valence-corrected chi connectivity index (χ2v) is 4.03. The number of benzene rings is 1. The molecule has 1 aromatic carbocycles. The Balaban J connectivity index is 2.19. The van der Waals surface area contributed by atoms with Gasteiger partial charge in [0.2, 0.25) is 0 Å². The van der Waals surface area contributed by atoms with Crippen molar-refractivity contribution in [2.24, 2.45) is 5.73 Å². The second kappa shape index (κ2) is 4.90. The zero-order chi connectivity index (χ0) is 11.4. The minimum atomic E-state index is 0.0867. The van der Waals surface area contributed by atoms with Crippen LogP contribution in [0.2, 0.25) is 0 Å². The molecule has 0 aliphatic rings. The fourth-order valence-electron chi connectivity index (χ4n) is 1.70. The largest absolute Gasteiger partial charge is 0.324 e. The molecule has 16 heavy (non-hydrogen) atoms. The van der Waals surface area contributed by atoms with Crippen molar-refractivity contribution < 1.29 is 0 Å². The van der Waals surface area contributed by atoms with Crippen molar-refractivity contribution in [3.63, 3.8) is 0 Å². The molecular formula is C14H16N2. The van der Waals surface area contributed by atoms with E-state index in [0.717, 1.165) is 12.1 Å². The van der Waals surface area contributed by atoms with Crippen LogP contribution in [0.15, 0.2) is 48.7 Å². The zero-order valence-electron chi connectivity index (χ0n) is 9.43. The number of pyridine rings is 1. The van der Waals surface area contributed by atoms with Crippen LogP contribution in [0, 0.1) is 0 Å². The van der Waals surface area contributed by atoms with E-state index >= 15 is 0 Å². The van der Waals surface area contributed by atoms with Crippen molar-refractivity contribution in [1.82, 2.24) is 4.98 Å². The molecule has 1 unspecified atom stereocenters. The average Bonchev–Trinajstić information content (AvgIpc) is 2.30. The van der Waals surface area contributed by atoms with Crippen molar-refractivity contribution in [3.8, 4) is 0 Å². The third-order valence-corrected chi connectivity index (χ3v) is 2.59. The Bertz CT molecular complexity index is 449. The Labute approximate surface area is 96.1 Å². The van der Waals surface area contributed by atoms with Crippen LogP contribution in [-0.2, 0) is 6.42 Å². The summed E-state index contributed by atoms with van der Waals surface area (Å²) in [6.45, 7) is 2.00. The lowest BCUT2D eigenvalue weighted by Crippen LogP contribution is -2.05. The molecule has 0 bridgehead atoms. The summed E-state index contributed by atoms with van der Waals surface area (Å²) in [7, 11) is 0. The molecule has 0 spiro atoms. The normalized spacial score (nSPS) is 12.4. The lowest BCUT2D eigenvalue weighted by atomic mass is 10.0. The molecule has 1 aromatic heterocycles. The summed E-state index contributed by atoms with van der Waals surface area (Å²) in [6.07, 6.45) is 2.69. The van der Waals surface area contributed by atoms with Crippen LogP contribution in [0.4, 0.5) is 0 Å². The highest BCUT2D eigenvalue weighted by molar-refractivity contribution is 5.28. The predicted octanol–water partition coefficient (Wildman–Crippen LogP) is 2.69. The average molecular weight is 212 g/mol. The quantitative estimate of drug-likeness (QED) is 0.849. The molecule has 0 amide bonds. The highest BCUT2D eigenvalue weighted by Gasteiger charge is 2.01. The van der Waals surface area contributed by atoms with Gasteiger partial charge in [0.25, 0.3) is 0 Å². The van der Waals surface area contributed by atoms with E-state index in [0.29, 0.717) is 0 Å². The maximum absolute atomic E-state index is 5.86. The van der Waals surface area contributed by atoms with E-state index in [1.165, 1.54) is 11.1 Å². The molecular weight excluding hydrogens is 196 g/mol. The highest BCUT2D eigenvalue weighted by atomic mass is 14.7. The third kappa shape index (κ3) is 2.67. The molecule has 1 atom stereocenters. The van der Waals surface area contributed by atoms with Gasteiger partial charge < -0.3 is 5.73 Å². The molecule has 0 saturated carbocycles. The smallest absolute Gasteiger partial charge is 0.0447 e. The molecule has 0 aliphatic carbocycles. The topological polar surface area (TPSA) is 38.9 Å². The lowest BCUT2D eigenvalue weighted by molar-refractivity contribution is 0.815. The summed E-state index contributed by atoms with van der Waals surface area (Å²) < 4.78 is 0. The summed E-state index contributed by atoms with van der Waals surface area (Å²) in [5.41, 5.74) is 9.38. The molecule has 0 fully saturated rings. The van der Waals surface area contributed by atoms with Gasteiger partial charge in [0.1, 0.15) is 0 Å². The van der Waals surface area contributed by atoms with Gasteiger partial charge in [0.05, 0.1) is 0 Å². The van der Waals surface area contributed by atoms with Crippen molar-refractivity contribution in [2.45, 2.75) is 19.4 Å². The summed E-state index contributed by atoms with van der Waals surface area (Å²) >= 11 is 0. The first kappa shape index (κ1) is 10.8. The molecule has 0 radical (unpaired) electrons. The van der Waals surface area contributed by atoms with E-state index in [4.69, 9.17) is 5.73 Å². The first-order valence-corrected chi connectivity index (χ1v) is 5.50. The van der Waals surface area contributed by atoms with Crippen LogP contribution in [0.3, 0.4) is 0 Å². The Hall–Kier alpha value is -1.67. The van der Waals surface area contributed by atoms with E-state index < -0.39 is 0 Å². The number of hydrogen-bond donors (Lipinski definition) is 1. The Morgan fingerprint density at radius 3 is 2.75 bits per heavy atom. The van der Waals surface area contributed by atoms with Crippen LogP contribution in [0.25, 0.3) is 0 Å². The standard InChI is InChI=1S/C14H16N2/c1-11(15)13-6-4-5-12(9-13)10-14-7-2-3-8-16-14/h2-9,11H,10,15H2,1H3. The number of nitrogens with zero attached hydrogens (tertiary/aromatic N) is 1. The lowest BCUT2D eigenvalue weighted by Gasteiger charge is -2.07. The van der Waals surface area contributed by atoms with Gasteiger partial charge in [-0.05, 0) is 30.2 Å². The molecule has 1 heterocycles. The number of nitrogens with two attached hydrogens (primary N) is 1.